The topological polar surface area (TPSA) is 83.7 Å². The van der Waals surface area contributed by atoms with E-state index in [1.807, 2.05) is 35.2 Å². The Morgan fingerprint density at radius 2 is 1.92 bits per heavy atom. The molecule has 8 heteroatoms. The second-order valence-electron chi connectivity index (χ2n) is 7.14. The van der Waals surface area contributed by atoms with Crippen molar-refractivity contribution < 1.29 is 17.7 Å². The van der Waals surface area contributed by atoms with Crippen molar-refractivity contribution in [1.29, 1.82) is 0 Å². The summed E-state index contributed by atoms with van der Waals surface area (Å²) < 4.78 is 30.5. The molecule has 0 spiro atoms. The van der Waals surface area contributed by atoms with Crippen LogP contribution in [0.25, 0.3) is 0 Å². The third-order valence-electron chi connectivity index (χ3n) is 5.35. The number of benzene rings is 1. The fourth-order valence-corrected chi connectivity index (χ4v) is 5.08. The van der Waals surface area contributed by atoms with Gasteiger partial charge < -0.3 is 9.42 Å². The van der Waals surface area contributed by atoms with Gasteiger partial charge in [-0.15, -0.1) is 0 Å². The molecule has 2 fully saturated rings. The summed E-state index contributed by atoms with van der Waals surface area (Å²) in [6.45, 7) is 3.15. The molecule has 2 aliphatic heterocycles. The Balaban J connectivity index is 1.69. The quantitative estimate of drug-likeness (QED) is 0.815. The van der Waals surface area contributed by atoms with E-state index in [0.29, 0.717) is 31.1 Å². The lowest BCUT2D eigenvalue weighted by Crippen LogP contribution is -2.37. The van der Waals surface area contributed by atoms with E-state index in [9.17, 15) is 13.2 Å². The smallest absolute Gasteiger partial charge is 0.276 e. The summed E-state index contributed by atoms with van der Waals surface area (Å²) in [6.07, 6.45) is 1.24. The van der Waals surface area contributed by atoms with Crippen LogP contribution in [0.2, 0.25) is 0 Å². The van der Waals surface area contributed by atoms with Gasteiger partial charge in [-0.1, -0.05) is 35.5 Å². The van der Waals surface area contributed by atoms with E-state index in [0.717, 1.165) is 5.56 Å². The average molecular weight is 375 g/mol. The number of carbonyl (C=O) groups excluding carboxylic acids is 1. The molecule has 3 atom stereocenters. The molecule has 0 unspecified atom stereocenters. The number of hydrogen-bond acceptors (Lipinski definition) is 5. The van der Waals surface area contributed by atoms with E-state index in [1.165, 1.54) is 10.6 Å². The molecule has 3 heterocycles. The Kier molecular flexibility index (Phi) is 4.11. The van der Waals surface area contributed by atoms with Crippen molar-refractivity contribution in [2.75, 3.05) is 25.9 Å². The lowest BCUT2D eigenvalue weighted by molar-refractivity contribution is 0.0698. The van der Waals surface area contributed by atoms with Gasteiger partial charge in [0.05, 0.1) is 12.3 Å². The zero-order valence-corrected chi connectivity index (χ0v) is 15.5. The lowest BCUT2D eigenvalue weighted by atomic mass is 9.89. The highest BCUT2D eigenvalue weighted by Gasteiger charge is 2.51. The first-order chi connectivity index (χ1) is 12.3. The predicted octanol–water partition coefficient (Wildman–Crippen LogP) is 1.69. The van der Waals surface area contributed by atoms with Crippen LogP contribution in [0, 0.1) is 18.8 Å². The Hall–Kier alpha value is -2.19. The number of likely N-dealkylation sites (tertiary alicyclic amines) is 1. The summed E-state index contributed by atoms with van der Waals surface area (Å²) in [5.74, 6) is 0.610. The highest BCUT2D eigenvalue weighted by atomic mass is 32.2. The van der Waals surface area contributed by atoms with Gasteiger partial charge in [-0.3, -0.25) is 4.79 Å². The van der Waals surface area contributed by atoms with Crippen LogP contribution in [0.5, 0.6) is 0 Å². The lowest BCUT2D eigenvalue weighted by Gasteiger charge is -2.29. The first kappa shape index (κ1) is 17.2. The van der Waals surface area contributed by atoms with Crippen molar-refractivity contribution in [3.8, 4) is 0 Å². The van der Waals surface area contributed by atoms with E-state index in [4.69, 9.17) is 4.52 Å². The summed E-state index contributed by atoms with van der Waals surface area (Å²) in [5, 5.41) is 3.86. The highest BCUT2D eigenvalue weighted by molar-refractivity contribution is 7.88. The monoisotopic (exact) mass is 375 g/mol. The molecule has 1 aromatic heterocycles. The molecular formula is C18H21N3O4S. The third kappa shape index (κ3) is 2.93. The Labute approximate surface area is 152 Å². The summed E-state index contributed by atoms with van der Waals surface area (Å²) in [6, 6.07) is 11.3. The number of carbonyl (C=O) groups is 1. The van der Waals surface area contributed by atoms with Crippen molar-refractivity contribution in [3.05, 3.63) is 53.4 Å². The Morgan fingerprint density at radius 1 is 1.19 bits per heavy atom. The summed E-state index contributed by atoms with van der Waals surface area (Å²) in [4.78, 5) is 14.8. The average Bonchev–Trinajstić information content (AvgIpc) is 3.27. The summed E-state index contributed by atoms with van der Waals surface area (Å²) >= 11 is 0. The van der Waals surface area contributed by atoms with E-state index in [2.05, 4.69) is 5.16 Å². The van der Waals surface area contributed by atoms with E-state index >= 15 is 0 Å². The van der Waals surface area contributed by atoms with Gasteiger partial charge in [0.25, 0.3) is 5.91 Å². The molecule has 7 nitrogen and oxygen atoms in total. The van der Waals surface area contributed by atoms with E-state index in [1.54, 1.807) is 13.0 Å². The molecule has 138 valence electrons. The van der Waals surface area contributed by atoms with Crippen LogP contribution in [0.15, 0.2) is 40.9 Å². The largest absolute Gasteiger partial charge is 0.361 e. The van der Waals surface area contributed by atoms with Crippen LogP contribution in [0.4, 0.5) is 0 Å². The molecule has 26 heavy (non-hydrogen) atoms. The highest BCUT2D eigenvalue weighted by Crippen LogP contribution is 2.45. The van der Waals surface area contributed by atoms with Crippen molar-refractivity contribution in [3.63, 3.8) is 0 Å². The minimum Gasteiger partial charge on any atom is -0.361 e. The maximum Gasteiger partial charge on any atom is 0.276 e. The zero-order chi connectivity index (χ0) is 18.5. The van der Waals surface area contributed by atoms with Crippen LogP contribution < -0.4 is 0 Å². The standard InChI is InChI=1S/C18H21N3O4S/c1-12-8-16(19-25-12)18(22)21-10-14-9-20(26(2,23)24)11-15(14)17(21)13-6-4-3-5-7-13/h3-8,14-15,17H,9-11H2,1-2H3/t14-,15-,17+/m0/s1. The number of amides is 1. The third-order valence-corrected chi connectivity index (χ3v) is 6.58. The second kappa shape index (κ2) is 6.21. The number of aryl methyl sites for hydroxylation is 1. The fourth-order valence-electron chi connectivity index (χ4n) is 4.18. The summed E-state index contributed by atoms with van der Waals surface area (Å²) in [5.41, 5.74) is 1.31. The molecule has 2 aliphatic rings. The number of fused-ring (bicyclic) bond motifs is 1. The number of nitrogens with zero attached hydrogens (tertiary/aromatic N) is 3. The molecule has 2 saturated heterocycles. The molecule has 0 saturated carbocycles. The van der Waals surface area contributed by atoms with Crippen molar-refractivity contribution in [1.82, 2.24) is 14.4 Å². The SMILES string of the molecule is Cc1cc(C(=O)N2C[C@@H]3CN(S(C)(=O)=O)C[C@@H]3[C@H]2c2ccccc2)no1. The number of hydrogen-bond donors (Lipinski definition) is 0. The van der Waals surface area contributed by atoms with Crippen molar-refractivity contribution in [2.24, 2.45) is 11.8 Å². The van der Waals surface area contributed by atoms with Crippen molar-refractivity contribution >= 4 is 15.9 Å². The molecule has 4 rings (SSSR count). The molecular weight excluding hydrogens is 354 g/mol. The minimum atomic E-state index is -3.23. The van der Waals surface area contributed by atoms with E-state index < -0.39 is 10.0 Å². The van der Waals surface area contributed by atoms with Crippen LogP contribution in [0.3, 0.4) is 0 Å². The van der Waals surface area contributed by atoms with Crippen LogP contribution >= 0.6 is 0 Å². The summed E-state index contributed by atoms with van der Waals surface area (Å²) in [7, 11) is -3.23. The maximum absolute atomic E-state index is 13.0. The number of sulfonamides is 1. The first-order valence-corrected chi connectivity index (χ1v) is 10.4. The normalized spacial score (nSPS) is 26.2. The van der Waals surface area contributed by atoms with Gasteiger partial charge in [-0.25, -0.2) is 12.7 Å². The number of aromatic nitrogens is 1. The Bertz CT molecular complexity index is 925. The first-order valence-electron chi connectivity index (χ1n) is 8.59. The second-order valence-corrected chi connectivity index (χ2v) is 9.12. The van der Waals surface area contributed by atoms with Gasteiger partial charge in [0.1, 0.15) is 5.76 Å². The molecule has 0 bridgehead atoms. The maximum atomic E-state index is 13.0. The molecule has 2 aromatic rings. The zero-order valence-electron chi connectivity index (χ0n) is 14.7. The molecule has 1 amide bonds. The fraction of sp³-hybridized carbons (Fsp3) is 0.444. The van der Waals surface area contributed by atoms with Crippen LogP contribution in [-0.4, -0.2) is 54.6 Å². The number of rotatable bonds is 3. The van der Waals surface area contributed by atoms with Gasteiger partial charge in [0.2, 0.25) is 10.0 Å². The van der Waals surface area contributed by atoms with Gasteiger partial charge in [0, 0.05) is 31.6 Å². The van der Waals surface area contributed by atoms with Gasteiger partial charge >= 0.3 is 0 Å². The Morgan fingerprint density at radius 3 is 2.54 bits per heavy atom. The van der Waals surface area contributed by atoms with Crippen LogP contribution in [0.1, 0.15) is 27.9 Å². The molecule has 0 aliphatic carbocycles. The molecule has 1 aromatic carbocycles. The van der Waals surface area contributed by atoms with Crippen LogP contribution in [-0.2, 0) is 10.0 Å². The van der Waals surface area contributed by atoms with Gasteiger partial charge in [0.15, 0.2) is 5.69 Å². The van der Waals surface area contributed by atoms with Gasteiger partial charge in [-0.05, 0) is 18.4 Å². The van der Waals surface area contributed by atoms with Crippen molar-refractivity contribution in [2.45, 2.75) is 13.0 Å². The molecule has 0 radical (unpaired) electrons. The van der Waals surface area contributed by atoms with E-state index in [-0.39, 0.29) is 23.8 Å². The van der Waals surface area contributed by atoms with Gasteiger partial charge in [-0.2, -0.15) is 0 Å². The minimum absolute atomic E-state index is 0.0732. The predicted molar refractivity (Wildman–Crippen MR) is 94.9 cm³/mol. The molecule has 0 N–H and O–H groups in total.